The lowest BCUT2D eigenvalue weighted by Crippen LogP contribution is -2.41. The van der Waals surface area contributed by atoms with Crippen LogP contribution in [0, 0.1) is 0 Å². The van der Waals surface area contributed by atoms with Crippen LogP contribution in [0.25, 0.3) is 0 Å². The number of fused-ring (bicyclic) bond motifs is 1. The van der Waals surface area contributed by atoms with E-state index in [-0.39, 0.29) is 11.8 Å². The summed E-state index contributed by atoms with van der Waals surface area (Å²) in [5, 5.41) is 5.83. The molecular weight excluding hydrogens is 334 g/mol. The van der Waals surface area contributed by atoms with Crippen molar-refractivity contribution in [1.82, 2.24) is 25.1 Å². The fourth-order valence-electron chi connectivity index (χ4n) is 3.45. The number of nitrogens with zero attached hydrogens (tertiary/aromatic N) is 3. The summed E-state index contributed by atoms with van der Waals surface area (Å²) in [5.41, 5.74) is 1.30. The van der Waals surface area contributed by atoms with Crippen molar-refractivity contribution in [2.45, 2.75) is 39.2 Å². The predicted molar refractivity (Wildman–Crippen MR) is 97.4 cm³/mol. The first kappa shape index (κ1) is 18.8. The van der Waals surface area contributed by atoms with Gasteiger partial charge in [0.05, 0.1) is 18.9 Å². The van der Waals surface area contributed by atoms with Crippen molar-refractivity contribution < 1.29 is 14.3 Å². The highest BCUT2D eigenvalue weighted by Crippen LogP contribution is 2.21. The first-order valence-electron chi connectivity index (χ1n) is 9.66. The Balaban J connectivity index is 1.65. The van der Waals surface area contributed by atoms with E-state index in [1.165, 1.54) is 0 Å². The summed E-state index contributed by atoms with van der Waals surface area (Å²) in [6, 6.07) is 0. The zero-order valence-corrected chi connectivity index (χ0v) is 15.6. The number of carbonyl (C=O) groups is 2. The van der Waals surface area contributed by atoms with Crippen LogP contribution in [0.5, 0.6) is 0 Å². The minimum Gasteiger partial charge on any atom is -0.379 e. The van der Waals surface area contributed by atoms with Crippen molar-refractivity contribution in [3.8, 4) is 0 Å². The average Bonchev–Trinajstić information content (AvgIpc) is 3.07. The second-order valence-electron chi connectivity index (χ2n) is 6.81. The Morgan fingerprint density at radius 3 is 2.62 bits per heavy atom. The zero-order chi connectivity index (χ0) is 18.4. The van der Waals surface area contributed by atoms with Gasteiger partial charge in [0.15, 0.2) is 5.82 Å². The van der Waals surface area contributed by atoms with Crippen LogP contribution in [0.3, 0.4) is 0 Å². The highest BCUT2D eigenvalue weighted by Gasteiger charge is 2.27. The van der Waals surface area contributed by atoms with E-state index in [4.69, 9.17) is 4.74 Å². The van der Waals surface area contributed by atoms with E-state index in [9.17, 15) is 9.59 Å². The van der Waals surface area contributed by atoms with Gasteiger partial charge in [-0.3, -0.25) is 14.5 Å². The molecule has 2 aliphatic rings. The van der Waals surface area contributed by atoms with Crippen LogP contribution in [0.2, 0.25) is 0 Å². The van der Waals surface area contributed by atoms with E-state index < -0.39 is 0 Å². The van der Waals surface area contributed by atoms with E-state index in [2.05, 4.69) is 20.5 Å². The van der Waals surface area contributed by atoms with Crippen molar-refractivity contribution in [2.75, 3.05) is 45.9 Å². The Bertz CT molecular complexity index is 637. The van der Waals surface area contributed by atoms with Gasteiger partial charge in [0.1, 0.15) is 5.69 Å². The molecule has 0 aliphatic carbocycles. The van der Waals surface area contributed by atoms with Gasteiger partial charge in [-0.2, -0.15) is 0 Å². The zero-order valence-electron chi connectivity index (χ0n) is 15.6. The van der Waals surface area contributed by atoms with Gasteiger partial charge in [0.25, 0.3) is 11.8 Å². The summed E-state index contributed by atoms with van der Waals surface area (Å²) in [7, 11) is 0. The highest BCUT2D eigenvalue weighted by atomic mass is 16.5. The Labute approximate surface area is 154 Å². The quantitative estimate of drug-likeness (QED) is 0.733. The van der Waals surface area contributed by atoms with Crippen molar-refractivity contribution >= 4 is 11.8 Å². The third kappa shape index (κ3) is 4.42. The van der Waals surface area contributed by atoms with Crippen molar-refractivity contribution in [3.63, 3.8) is 0 Å². The maximum absolute atomic E-state index is 12.6. The minimum absolute atomic E-state index is 0.182. The molecule has 0 aromatic carbocycles. The molecule has 8 heteroatoms. The van der Waals surface area contributed by atoms with Crippen LogP contribution >= 0.6 is 0 Å². The summed E-state index contributed by atoms with van der Waals surface area (Å²) in [5.74, 6) is -0.00713. The molecule has 0 bridgehead atoms. The van der Waals surface area contributed by atoms with Crippen molar-refractivity contribution in [2.24, 2.45) is 0 Å². The van der Waals surface area contributed by atoms with E-state index in [0.29, 0.717) is 24.6 Å². The second-order valence-corrected chi connectivity index (χ2v) is 6.81. The largest absolute Gasteiger partial charge is 0.379 e. The van der Waals surface area contributed by atoms with Crippen LogP contribution in [0.4, 0.5) is 0 Å². The van der Waals surface area contributed by atoms with Crippen molar-refractivity contribution in [3.05, 3.63) is 17.2 Å². The molecular formula is C18H29N5O3. The number of rotatable bonds is 7. The molecule has 0 unspecified atom stereocenters. The lowest BCUT2D eigenvalue weighted by atomic mass is 10.1. The number of morpholine rings is 1. The average molecular weight is 363 g/mol. The van der Waals surface area contributed by atoms with Gasteiger partial charge in [0, 0.05) is 39.3 Å². The third-order valence-corrected chi connectivity index (χ3v) is 4.89. The molecule has 2 amide bonds. The van der Waals surface area contributed by atoms with Crippen molar-refractivity contribution in [1.29, 1.82) is 0 Å². The molecule has 26 heavy (non-hydrogen) atoms. The summed E-state index contributed by atoms with van der Waals surface area (Å²) in [6.07, 6.45) is 3.69. The van der Waals surface area contributed by atoms with E-state index in [1.807, 2.05) is 11.5 Å². The van der Waals surface area contributed by atoms with Gasteiger partial charge >= 0.3 is 0 Å². The molecule has 2 N–H and O–H groups in total. The smallest absolute Gasteiger partial charge is 0.287 e. The molecule has 0 spiro atoms. The second kappa shape index (κ2) is 9.14. The normalized spacial score (nSPS) is 17.6. The maximum Gasteiger partial charge on any atom is 0.287 e. The molecule has 3 heterocycles. The maximum atomic E-state index is 12.6. The van der Waals surface area contributed by atoms with Crippen LogP contribution in [0.1, 0.15) is 53.0 Å². The SMILES string of the molecule is CCCNC(=O)c1nc(C(=O)NCCN2CCOCC2)c2n1CCCC2. The Kier molecular flexibility index (Phi) is 6.62. The summed E-state index contributed by atoms with van der Waals surface area (Å²) < 4.78 is 7.25. The number of hydrogen-bond donors (Lipinski definition) is 2. The van der Waals surface area contributed by atoms with Crippen LogP contribution in [0.15, 0.2) is 0 Å². The molecule has 1 saturated heterocycles. The monoisotopic (exact) mass is 363 g/mol. The number of carbonyl (C=O) groups excluding carboxylic acids is 2. The van der Waals surface area contributed by atoms with Crippen LogP contribution in [-0.2, 0) is 17.7 Å². The van der Waals surface area contributed by atoms with Gasteiger partial charge in [0.2, 0.25) is 0 Å². The van der Waals surface area contributed by atoms with Gasteiger partial charge in [-0.05, 0) is 25.7 Å². The van der Waals surface area contributed by atoms with E-state index in [0.717, 1.165) is 70.8 Å². The fourth-order valence-corrected chi connectivity index (χ4v) is 3.45. The lowest BCUT2D eigenvalue weighted by Gasteiger charge is -2.26. The number of hydrogen-bond acceptors (Lipinski definition) is 5. The number of nitrogens with one attached hydrogen (secondary N) is 2. The van der Waals surface area contributed by atoms with E-state index >= 15 is 0 Å². The van der Waals surface area contributed by atoms with Gasteiger partial charge in [-0.1, -0.05) is 6.92 Å². The molecule has 0 atom stereocenters. The summed E-state index contributed by atoms with van der Waals surface area (Å²) in [6.45, 7) is 8.04. The topological polar surface area (TPSA) is 88.5 Å². The summed E-state index contributed by atoms with van der Waals surface area (Å²) >= 11 is 0. The number of aromatic nitrogens is 2. The molecule has 1 aromatic rings. The molecule has 2 aliphatic heterocycles. The molecule has 1 fully saturated rings. The molecule has 8 nitrogen and oxygen atoms in total. The van der Waals surface area contributed by atoms with Crippen LogP contribution < -0.4 is 10.6 Å². The Hall–Kier alpha value is -1.93. The molecule has 3 rings (SSSR count). The van der Waals surface area contributed by atoms with Crippen LogP contribution in [-0.4, -0.2) is 72.2 Å². The first-order valence-corrected chi connectivity index (χ1v) is 9.66. The lowest BCUT2D eigenvalue weighted by molar-refractivity contribution is 0.0383. The third-order valence-electron chi connectivity index (χ3n) is 4.89. The Morgan fingerprint density at radius 1 is 1.08 bits per heavy atom. The van der Waals surface area contributed by atoms with Gasteiger partial charge in [-0.25, -0.2) is 4.98 Å². The molecule has 144 valence electrons. The molecule has 0 radical (unpaired) electrons. The first-order chi connectivity index (χ1) is 12.7. The number of amides is 2. The highest BCUT2D eigenvalue weighted by molar-refractivity contribution is 5.97. The van der Waals surface area contributed by atoms with E-state index in [1.54, 1.807) is 0 Å². The summed E-state index contributed by atoms with van der Waals surface area (Å²) in [4.78, 5) is 31.7. The number of imidazole rings is 1. The standard InChI is InChI=1S/C18H29N5O3/c1-2-6-19-18(25)16-21-15(14-5-3-4-8-23(14)16)17(24)20-7-9-22-10-12-26-13-11-22/h2-13H2,1H3,(H,19,25)(H,20,24). The number of ether oxygens (including phenoxy) is 1. The minimum atomic E-state index is -0.192. The fraction of sp³-hybridized carbons (Fsp3) is 0.722. The Morgan fingerprint density at radius 2 is 1.85 bits per heavy atom. The molecule has 1 aromatic heterocycles. The predicted octanol–water partition coefficient (Wildman–Crippen LogP) is 0.421. The molecule has 0 saturated carbocycles. The van der Waals surface area contributed by atoms with Gasteiger partial charge in [-0.15, -0.1) is 0 Å². The van der Waals surface area contributed by atoms with Gasteiger partial charge < -0.3 is 19.9 Å².